The van der Waals surface area contributed by atoms with Crippen LogP contribution in [0.5, 0.6) is 0 Å². The fraction of sp³-hybridized carbons (Fsp3) is 0.692. The Hall–Kier alpha value is -0.660. The maximum absolute atomic E-state index is 12.2. The number of ether oxygens (including phenoxy) is 2. The number of carbonyl (C=O) groups excluding carboxylic acids is 1. The first kappa shape index (κ1) is 17.4. The molecule has 2 heterocycles. The summed E-state index contributed by atoms with van der Waals surface area (Å²) in [6.45, 7) is 5.23. The molecule has 1 aromatic rings. The Morgan fingerprint density at radius 2 is 2.35 bits per heavy atom. The van der Waals surface area contributed by atoms with Crippen LogP contribution in [0.1, 0.15) is 38.8 Å². The number of hydrogen-bond donors (Lipinski definition) is 1. The van der Waals surface area contributed by atoms with Crippen molar-refractivity contribution in [3.8, 4) is 0 Å². The van der Waals surface area contributed by atoms with Gasteiger partial charge in [-0.2, -0.15) is 0 Å². The highest BCUT2D eigenvalue weighted by atomic mass is 79.9. The van der Waals surface area contributed by atoms with Gasteiger partial charge in [-0.25, -0.2) is 4.98 Å². The second-order valence-corrected chi connectivity index (χ2v) is 5.79. The number of halogens is 1. The number of hydrogen-bond acceptors (Lipinski definition) is 5. The van der Waals surface area contributed by atoms with Crippen molar-refractivity contribution in [1.82, 2.24) is 0 Å². The molecule has 1 saturated heterocycles. The Morgan fingerprint density at radius 3 is 2.90 bits per heavy atom. The molecule has 1 aliphatic heterocycles. The van der Waals surface area contributed by atoms with E-state index < -0.39 is 5.41 Å². The number of nitrogen functional groups attached to an aromatic ring is 1. The minimum absolute atomic E-state index is 0. The lowest BCUT2D eigenvalue weighted by Gasteiger charge is -2.18. The number of rotatable bonds is 6. The molecule has 114 valence electrons. The topological polar surface area (TPSA) is 75.7 Å². The molecule has 0 amide bonds. The standard InChI is InChI=1S/C13H20N2O3S.BrH/c1-3-5-17-7-9-6-13(4-2,11(16)18-9)10-8-19-12(14)15-10;/h8-9H,3-7H2,1-2H3,(H2,14,15);1H. The minimum atomic E-state index is -0.589. The SMILES string of the molecule is CCCOCC1CC(CC)(c2csc(N)[nH+]2)C(=O)O1.[Br-]. The lowest BCUT2D eigenvalue weighted by atomic mass is 9.79. The van der Waals surface area contributed by atoms with E-state index in [4.69, 9.17) is 15.2 Å². The largest absolute Gasteiger partial charge is 1.00 e. The van der Waals surface area contributed by atoms with Gasteiger partial charge in [-0.15, -0.1) is 0 Å². The van der Waals surface area contributed by atoms with Gasteiger partial charge >= 0.3 is 11.1 Å². The minimum Gasteiger partial charge on any atom is -1.00 e. The molecular formula is C13H21BrN2O3S. The number of carbonyl (C=O) groups is 1. The van der Waals surface area contributed by atoms with Crippen LogP contribution in [-0.2, 0) is 19.7 Å². The number of thiazole rings is 1. The van der Waals surface area contributed by atoms with Gasteiger partial charge in [0.15, 0.2) is 0 Å². The van der Waals surface area contributed by atoms with E-state index in [2.05, 4.69) is 11.9 Å². The van der Waals surface area contributed by atoms with Crippen LogP contribution in [0.4, 0.5) is 5.13 Å². The zero-order chi connectivity index (χ0) is 13.9. The van der Waals surface area contributed by atoms with E-state index in [1.807, 2.05) is 12.3 Å². The Morgan fingerprint density at radius 1 is 1.60 bits per heavy atom. The summed E-state index contributed by atoms with van der Waals surface area (Å²) in [6.07, 6.45) is 2.16. The number of H-pyrrole nitrogens is 1. The van der Waals surface area contributed by atoms with Gasteiger partial charge < -0.3 is 26.5 Å². The van der Waals surface area contributed by atoms with Gasteiger partial charge in [0, 0.05) is 18.4 Å². The van der Waals surface area contributed by atoms with Crippen LogP contribution < -0.4 is 27.7 Å². The predicted molar refractivity (Wildman–Crippen MR) is 72.9 cm³/mol. The maximum Gasteiger partial charge on any atom is 0.329 e. The van der Waals surface area contributed by atoms with Gasteiger partial charge in [-0.05, 0) is 12.8 Å². The molecule has 0 spiro atoms. The molecule has 0 bridgehead atoms. The summed E-state index contributed by atoms with van der Waals surface area (Å²) >= 11 is 1.41. The van der Waals surface area contributed by atoms with Crippen molar-refractivity contribution in [2.24, 2.45) is 0 Å². The van der Waals surface area contributed by atoms with Crippen LogP contribution in [-0.4, -0.2) is 25.3 Å². The molecule has 0 saturated carbocycles. The second-order valence-electron chi connectivity index (χ2n) is 4.88. The first-order valence-electron chi connectivity index (χ1n) is 6.68. The van der Waals surface area contributed by atoms with Gasteiger partial charge in [0.2, 0.25) is 0 Å². The normalized spacial score (nSPS) is 25.3. The van der Waals surface area contributed by atoms with Crippen molar-refractivity contribution in [1.29, 1.82) is 0 Å². The van der Waals surface area contributed by atoms with E-state index in [0.717, 1.165) is 12.1 Å². The van der Waals surface area contributed by atoms with Crippen molar-refractivity contribution in [3.05, 3.63) is 11.1 Å². The van der Waals surface area contributed by atoms with E-state index in [-0.39, 0.29) is 29.1 Å². The van der Waals surface area contributed by atoms with Gasteiger partial charge in [0.1, 0.15) is 17.2 Å². The van der Waals surface area contributed by atoms with E-state index in [9.17, 15) is 4.79 Å². The molecular weight excluding hydrogens is 344 g/mol. The van der Waals surface area contributed by atoms with Crippen LogP contribution >= 0.6 is 11.3 Å². The fourth-order valence-corrected chi connectivity index (χ4v) is 3.17. The highest BCUT2D eigenvalue weighted by Crippen LogP contribution is 2.39. The zero-order valence-electron chi connectivity index (χ0n) is 11.8. The Kier molecular flexibility index (Phi) is 6.42. The average molecular weight is 365 g/mol. The Bertz CT molecular complexity index is 455. The molecule has 1 fully saturated rings. The lowest BCUT2D eigenvalue weighted by Crippen LogP contribution is -3.00. The third-order valence-electron chi connectivity index (χ3n) is 3.57. The number of aromatic amines is 1. The molecule has 7 heteroatoms. The Labute approximate surface area is 133 Å². The van der Waals surface area contributed by atoms with E-state index >= 15 is 0 Å². The molecule has 1 aliphatic rings. The zero-order valence-corrected chi connectivity index (χ0v) is 14.2. The third-order valence-corrected chi connectivity index (χ3v) is 4.28. The van der Waals surface area contributed by atoms with Crippen LogP contribution in [0, 0.1) is 0 Å². The summed E-state index contributed by atoms with van der Waals surface area (Å²) in [4.78, 5) is 15.3. The summed E-state index contributed by atoms with van der Waals surface area (Å²) in [6, 6.07) is 0. The van der Waals surface area contributed by atoms with Gasteiger partial charge in [0.25, 0.3) is 0 Å². The number of aromatic nitrogens is 1. The van der Waals surface area contributed by atoms with Crippen LogP contribution in [0.15, 0.2) is 5.38 Å². The van der Waals surface area contributed by atoms with Crippen LogP contribution in [0.2, 0.25) is 0 Å². The summed E-state index contributed by atoms with van der Waals surface area (Å²) in [5, 5.41) is 2.52. The summed E-state index contributed by atoms with van der Waals surface area (Å²) in [5.41, 5.74) is 6.00. The first-order valence-corrected chi connectivity index (χ1v) is 7.56. The quantitative estimate of drug-likeness (QED) is 0.494. The average Bonchev–Trinajstić information content (AvgIpc) is 2.95. The maximum atomic E-state index is 12.2. The third kappa shape index (κ3) is 3.32. The van der Waals surface area contributed by atoms with Crippen LogP contribution in [0.25, 0.3) is 0 Å². The van der Waals surface area contributed by atoms with Crippen molar-refractivity contribution in [3.63, 3.8) is 0 Å². The smallest absolute Gasteiger partial charge is 0.329 e. The first-order chi connectivity index (χ1) is 9.12. The molecule has 2 atom stereocenters. The lowest BCUT2D eigenvalue weighted by molar-refractivity contribution is -0.373. The highest BCUT2D eigenvalue weighted by Gasteiger charge is 2.52. The summed E-state index contributed by atoms with van der Waals surface area (Å²) < 4.78 is 10.9. The number of nitrogens with two attached hydrogens (primary N) is 1. The number of nitrogens with one attached hydrogen (secondary N) is 1. The molecule has 0 radical (unpaired) electrons. The molecule has 20 heavy (non-hydrogen) atoms. The van der Waals surface area contributed by atoms with Gasteiger partial charge in [-0.1, -0.05) is 25.2 Å². The number of esters is 1. The summed E-state index contributed by atoms with van der Waals surface area (Å²) in [7, 11) is 0. The molecule has 0 aliphatic carbocycles. The number of anilines is 1. The van der Waals surface area contributed by atoms with Gasteiger partial charge in [0.05, 0.1) is 6.61 Å². The van der Waals surface area contributed by atoms with E-state index in [1.54, 1.807) is 0 Å². The summed E-state index contributed by atoms with van der Waals surface area (Å²) in [5.74, 6) is -0.172. The molecule has 2 unspecified atom stereocenters. The van der Waals surface area contributed by atoms with E-state index in [1.165, 1.54) is 11.3 Å². The van der Waals surface area contributed by atoms with Crippen LogP contribution in [0.3, 0.4) is 0 Å². The highest BCUT2D eigenvalue weighted by molar-refractivity contribution is 7.13. The fourth-order valence-electron chi connectivity index (χ4n) is 2.48. The van der Waals surface area contributed by atoms with Crippen molar-refractivity contribution < 1.29 is 36.2 Å². The molecule has 3 N–H and O–H groups in total. The van der Waals surface area contributed by atoms with Crippen molar-refractivity contribution in [2.75, 3.05) is 18.9 Å². The predicted octanol–water partition coefficient (Wildman–Crippen LogP) is -1.46. The van der Waals surface area contributed by atoms with Gasteiger partial charge in [-0.3, -0.25) is 10.5 Å². The van der Waals surface area contributed by atoms with E-state index in [0.29, 0.717) is 31.2 Å². The Balaban J connectivity index is 0.00000200. The molecule has 1 aromatic heterocycles. The molecule has 0 aromatic carbocycles. The second kappa shape index (κ2) is 7.38. The molecule has 5 nitrogen and oxygen atoms in total. The monoisotopic (exact) mass is 364 g/mol. The molecule has 2 rings (SSSR count). The number of cyclic esters (lactones) is 1. The van der Waals surface area contributed by atoms with Crippen molar-refractivity contribution in [2.45, 2.75) is 44.6 Å². The van der Waals surface area contributed by atoms with Crippen molar-refractivity contribution >= 4 is 22.4 Å².